The molecule has 1 unspecified atom stereocenters. The van der Waals surface area contributed by atoms with Crippen molar-refractivity contribution in [3.05, 3.63) is 28.5 Å². The fourth-order valence-corrected chi connectivity index (χ4v) is 2.09. The fourth-order valence-electron chi connectivity index (χ4n) is 1.84. The van der Waals surface area contributed by atoms with Crippen molar-refractivity contribution in [2.45, 2.75) is 6.04 Å². The van der Waals surface area contributed by atoms with Gasteiger partial charge < -0.3 is 15.7 Å². The number of nitrogens with zero attached hydrogens (tertiary/aromatic N) is 1. The predicted molar refractivity (Wildman–Crippen MR) is 74.3 cm³/mol. The van der Waals surface area contributed by atoms with E-state index in [1.807, 2.05) is 0 Å². The molecule has 7 nitrogen and oxygen atoms in total. The molecule has 112 valence electrons. The Kier molecular flexibility index (Phi) is 4.41. The van der Waals surface area contributed by atoms with Crippen LogP contribution >= 0.6 is 15.9 Å². The normalized spacial score (nSPS) is 18.1. The van der Waals surface area contributed by atoms with Crippen LogP contribution in [-0.2, 0) is 9.59 Å². The summed E-state index contributed by atoms with van der Waals surface area (Å²) in [5, 5.41) is 13.8. The van der Waals surface area contributed by atoms with Gasteiger partial charge in [0.25, 0.3) is 0 Å². The van der Waals surface area contributed by atoms with Crippen molar-refractivity contribution in [1.82, 2.24) is 10.2 Å². The predicted octanol–water partition coefficient (Wildman–Crippen LogP) is 1.01. The third-order valence-electron chi connectivity index (χ3n) is 2.90. The minimum absolute atomic E-state index is 0.163. The van der Waals surface area contributed by atoms with Crippen LogP contribution in [-0.4, -0.2) is 47.0 Å². The molecule has 0 bridgehead atoms. The van der Waals surface area contributed by atoms with Crippen LogP contribution in [0, 0.1) is 5.82 Å². The number of anilines is 1. The van der Waals surface area contributed by atoms with Gasteiger partial charge in [0.2, 0.25) is 5.91 Å². The molecule has 0 saturated carbocycles. The van der Waals surface area contributed by atoms with Gasteiger partial charge in [-0.15, -0.1) is 0 Å². The lowest BCUT2D eigenvalue weighted by Crippen LogP contribution is -2.60. The number of piperazine rings is 1. The molecule has 3 N–H and O–H groups in total. The summed E-state index contributed by atoms with van der Waals surface area (Å²) in [6.45, 7) is -0.544. The number of carboxylic acids is 1. The fraction of sp³-hybridized carbons (Fsp3) is 0.250. The number of urea groups is 1. The molecule has 1 fully saturated rings. The highest BCUT2D eigenvalue weighted by molar-refractivity contribution is 9.10. The summed E-state index contributed by atoms with van der Waals surface area (Å²) in [4.78, 5) is 35.3. The average Bonchev–Trinajstić information content (AvgIpc) is 2.42. The lowest BCUT2D eigenvalue weighted by molar-refractivity contribution is -0.144. The molecule has 0 aliphatic carbocycles. The zero-order chi connectivity index (χ0) is 15.6. The summed E-state index contributed by atoms with van der Waals surface area (Å²) in [5.41, 5.74) is 0.163. The van der Waals surface area contributed by atoms with E-state index in [0.717, 1.165) is 11.0 Å². The van der Waals surface area contributed by atoms with Crippen LogP contribution in [0.15, 0.2) is 22.7 Å². The molecule has 1 aliphatic heterocycles. The van der Waals surface area contributed by atoms with E-state index in [-0.39, 0.29) is 23.2 Å². The first-order valence-electron chi connectivity index (χ1n) is 5.90. The van der Waals surface area contributed by atoms with E-state index in [1.165, 1.54) is 12.1 Å². The highest BCUT2D eigenvalue weighted by Gasteiger charge is 2.35. The van der Waals surface area contributed by atoms with Crippen molar-refractivity contribution in [3.63, 3.8) is 0 Å². The molecule has 1 aromatic carbocycles. The van der Waals surface area contributed by atoms with Crippen LogP contribution in [0.5, 0.6) is 0 Å². The number of carbonyl (C=O) groups excluding carboxylic acids is 2. The van der Waals surface area contributed by atoms with E-state index in [2.05, 4.69) is 26.6 Å². The van der Waals surface area contributed by atoms with Crippen LogP contribution in [0.2, 0.25) is 0 Å². The number of halogens is 2. The Balaban J connectivity index is 2.14. The number of aliphatic carboxylic acids is 1. The molecular weight excluding hydrogens is 349 g/mol. The molecule has 0 aromatic heterocycles. The SMILES string of the molecule is O=C1CN(C(=O)Nc2ccc(Br)c(F)c2)C(C(=O)O)CN1. The van der Waals surface area contributed by atoms with Crippen molar-refractivity contribution in [2.75, 3.05) is 18.4 Å². The lowest BCUT2D eigenvalue weighted by Gasteiger charge is -2.32. The molecule has 21 heavy (non-hydrogen) atoms. The third kappa shape index (κ3) is 3.48. The standard InChI is InChI=1S/C12H11BrFN3O4/c13-7-2-1-6(3-8(7)14)16-12(21)17-5-10(18)15-4-9(17)11(19)20/h1-3,9H,4-5H2,(H,15,18)(H,16,21)(H,19,20). The third-order valence-corrected chi connectivity index (χ3v) is 3.54. The van der Waals surface area contributed by atoms with Gasteiger partial charge in [-0.1, -0.05) is 0 Å². The smallest absolute Gasteiger partial charge is 0.328 e. The van der Waals surface area contributed by atoms with Gasteiger partial charge in [0.1, 0.15) is 18.4 Å². The van der Waals surface area contributed by atoms with E-state index in [1.54, 1.807) is 0 Å². The zero-order valence-electron chi connectivity index (χ0n) is 10.6. The van der Waals surface area contributed by atoms with Crippen molar-refractivity contribution in [1.29, 1.82) is 0 Å². The van der Waals surface area contributed by atoms with Gasteiger partial charge in [0.05, 0.1) is 4.47 Å². The minimum Gasteiger partial charge on any atom is -0.480 e. The van der Waals surface area contributed by atoms with E-state index >= 15 is 0 Å². The summed E-state index contributed by atoms with van der Waals surface area (Å²) >= 11 is 2.98. The summed E-state index contributed by atoms with van der Waals surface area (Å²) in [5.74, 6) is -2.25. The van der Waals surface area contributed by atoms with Gasteiger partial charge >= 0.3 is 12.0 Å². The van der Waals surface area contributed by atoms with Gasteiger partial charge in [0, 0.05) is 12.2 Å². The van der Waals surface area contributed by atoms with Gasteiger partial charge in [-0.3, -0.25) is 9.69 Å². The average molecular weight is 360 g/mol. The summed E-state index contributed by atoms with van der Waals surface area (Å²) < 4.78 is 13.6. The monoisotopic (exact) mass is 359 g/mol. The topological polar surface area (TPSA) is 98.7 Å². The number of hydrogen-bond donors (Lipinski definition) is 3. The number of amides is 3. The Hall–Kier alpha value is -2.16. The molecule has 3 amide bonds. The van der Waals surface area contributed by atoms with Crippen molar-refractivity contribution in [3.8, 4) is 0 Å². The maximum atomic E-state index is 13.4. The second-order valence-electron chi connectivity index (χ2n) is 4.35. The van der Waals surface area contributed by atoms with Crippen molar-refractivity contribution >= 4 is 39.5 Å². The molecular formula is C12H11BrFN3O4. The lowest BCUT2D eigenvalue weighted by atomic mass is 10.2. The number of rotatable bonds is 2. The number of benzene rings is 1. The minimum atomic E-state index is -1.23. The van der Waals surface area contributed by atoms with E-state index < -0.39 is 29.8 Å². The number of nitrogens with one attached hydrogen (secondary N) is 2. The Morgan fingerprint density at radius 2 is 2.19 bits per heavy atom. The van der Waals surface area contributed by atoms with Crippen molar-refractivity contribution in [2.24, 2.45) is 0 Å². The van der Waals surface area contributed by atoms with E-state index in [9.17, 15) is 18.8 Å². The molecule has 2 rings (SSSR count). The van der Waals surface area contributed by atoms with Crippen molar-refractivity contribution < 1.29 is 23.9 Å². The summed E-state index contributed by atoms with van der Waals surface area (Å²) in [6, 6.07) is 2.00. The van der Waals surface area contributed by atoms with Crippen LogP contribution in [0.3, 0.4) is 0 Å². The van der Waals surface area contributed by atoms with Crippen LogP contribution in [0.1, 0.15) is 0 Å². The molecule has 1 aliphatic rings. The molecule has 1 atom stereocenters. The largest absolute Gasteiger partial charge is 0.480 e. The Morgan fingerprint density at radius 1 is 1.48 bits per heavy atom. The van der Waals surface area contributed by atoms with Gasteiger partial charge in [-0.2, -0.15) is 0 Å². The van der Waals surface area contributed by atoms with Crippen LogP contribution in [0.4, 0.5) is 14.9 Å². The van der Waals surface area contributed by atoms with Gasteiger partial charge in [0.15, 0.2) is 0 Å². The molecule has 0 spiro atoms. The second-order valence-corrected chi connectivity index (χ2v) is 5.20. The highest BCUT2D eigenvalue weighted by Crippen LogP contribution is 2.20. The maximum Gasteiger partial charge on any atom is 0.328 e. The first kappa shape index (κ1) is 15.2. The molecule has 1 aromatic rings. The molecule has 1 saturated heterocycles. The zero-order valence-corrected chi connectivity index (χ0v) is 12.2. The first-order chi connectivity index (χ1) is 9.88. The molecule has 9 heteroatoms. The highest BCUT2D eigenvalue weighted by atomic mass is 79.9. The van der Waals surface area contributed by atoms with E-state index in [4.69, 9.17) is 5.11 Å². The maximum absolute atomic E-state index is 13.4. The second kappa shape index (κ2) is 6.08. The van der Waals surface area contributed by atoms with E-state index in [0.29, 0.717) is 0 Å². The molecule has 0 radical (unpaired) electrons. The number of carbonyl (C=O) groups is 3. The van der Waals surface area contributed by atoms with Crippen LogP contribution in [0.25, 0.3) is 0 Å². The Labute approximate surface area is 127 Å². The van der Waals surface area contributed by atoms with Gasteiger partial charge in [-0.05, 0) is 34.1 Å². The number of hydrogen-bond acceptors (Lipinski definition) is 3. The van der Waals surface area contributed by atoms with Crippen LogP contribution < -0.4 is 10.6 Å². The quantitative estimate of drug-likeness (QED) is 0.733. The summed E-state index contributed by atoms with van der Waals surface area (Å²) in [7, 11) is 0. The van der Waals surface area contributed by atoms with Gasteiger partial charge in [-0.25, -0.2) is 14.0 Å². The number of carboxylic acid groups (broad SMARTS) is 1. The Morgan fingerprint density at radius 3 is 2.81 bits per heavy atom. The Bertz CT molecular complexity index is 610. The first-order valence-corrected chi connectivity index (χ1v) is 6.70. The summed E-state index contributed by atoms with van der Waals surface area (Å²) in [6.07, 6.45) is 0. The molecule has 1 heterocycles.